The summed E-state index contributed by atoms with van der Waals surface area (Å²) in [6, 6.07) is 7.09. The van der Waals surface area contributed by atoms with Crippen LogP contribution in [0.1, 0.15) is 40.6 Å². The van der Waals surface area contributed by atoms with Gasteiger partial charge in [0.1, 0.15) is 5.01 Å². The van der Waals surface area contributed by atoms with E-state index in [0.29, 0.717) is 6.04 Å². The van der Waals surface area contributed by atoms with Crippen LogP contribution in [0.2, 0.25) is 0 Å². The Morgan fingerprint density at radius 3 is 2.84 bits per heavy atom. The van der Waals surface area contributed by atoms with Gasteiger partial charge in [-0.2, -0.15) is 0 Å². The van der Waals surface area contributed by atoms with Crippen molar-refractivity contribution < 1.29 is 0 Å². The predicted octanol–water partition coefficient (Wildman–Crippen LogP) is 4.02. The van der Waals surface area contributed by atoms with Crippen molar-refractivity contribution in [1.82, 2.24) is 10.3 Å². The molecule has 0 fully saturated rings. The van der Waals surface area contributed by atoms with Crippen molar-refractivity contribution in [3.63, 3.8) is 0 Å². The maximum absolute atomic E-state index is 4.90. The molecule has 2 nitrogen and oxygen atoms in total. The second-order valence-corrected chi connectivity index (χ2v) is 6.44. The lowest BCUT2D eigenvalue weighted by atomic mass is 9.98. The highest BCUT2D eigenvalue weighted by Crippen LogP contribution is 2.37. The van der Waals surface area contributed by atoms with Gasteiger partial charge in [-0.1, -0.05) is 12.1 Å². The molecule has 0 bridgehead atoms. The highest BCUT2D eigenvalue weighted by Gasteiger charge is 2.23. The third-order valence-electron chi connectivity index (χ3n) is 4.06. The van der Waals surface area contributed by atoms with Gasteiger partial charge in [-0.05, 0) is 57.4 Å². The second-order valence-electron chi connectivity index (χ2n) is 5.36. The Labute approximate surface area is 118 Å². The standard InChI is InChI=1S/C16H20N2S/c1-10-7-8-12(9-11(10)2)16-18-15-13(17-3)5-4-6-14(15)19-16/h7-9,13,17H,4-6H2,1-3H3. The molecule has 1 heterocycles. The highest BCUT2D eigenvalue weighted by atomic mass is 32.1. The van der Waals surface area contributed by atoms with Crippen LogP contribution in [-0.2, 0) is 6.42 Å². The average Bonchev–Trinajstić information content (AvgIpc) is 2.85. The molecule has 100 valence electrons. The molecule has 1 aliphatic carbocycles. The van der Waals surface area contributed by atoms with E-state index in [1.807, 2.05) is 18.4 Å². The first-order valence-corrected chi connectivity index (χ1v) is 7.75. The summed E-state index contributed by atoms with van der Waals surface area (Å²) in [5, 5.41) is 4.57. The summed E-state index contributed by atoms with van der Waals surface area (Å²) in [4.78, 5) is 6.37. The van der Waals surface area contributed by atoms with E-state index in [-0.39, 0.29) is 0 Å². The van der Waals surface area contributed by atoms with Gasteiger partial charge in [0.2, 0.25) is 0 Å². The first kappa shape index (κ1) is 12.8. The van der Waals surface area contributed by atoms with E-state index in [4.69, 9.17) is 4.98 Å². The van der Waals surface area contributed by atoms with Gasteiger partial charge < -0.3 is 5.32 Å². The van der Waals surface area contributed by atoms with Crippen LogP contribution in [0.5, 0.6) is 0 Å². The first-order valence-electron chi connectivity index (χ1n) is 6.93. The number of hydrogen-bond donors (Lipinski definition) is 1. The fraction of sp³-hybridized carbons (Fsp3) is 0.438. The Hall–Kier alpha value is -1.19. The minimum absolute atomic E-state index is 0.445. The van der Waals surface area contributed by atoms with Gasteiger partial charge in [-0.3, -0.25) is 0 Å². The van der Waals surface area contributed by atoms with E-state index < -0.39 is 0 Å². The van der Waals surface area contributed by atoms with Gasteiger partial charge in [-0.15, -0.1) is 11.3 Å². The molecule has 1 atom stereocenters. The van der Waals surface area contributed by atoms with E-state index in [1.165, 1.54) is 51.5 Å². The van der Waals surface area contributed by atoms with Crippen LogP contribution < -0.4 is 5.32 Å². The van der Waals surface area contributed by atoms with Crippen molar-refractivity contribution in [2.45, 2.75) is 39.2 Å². The molecule has 0 saturated carbocycles. The quantitative estimate of drug-likeness (QED) is 0.893. The number of aryl methyl sites for hydroxylation is 3. The first-order chi connectivity index (χ1) is 9.19. The molecule has 19 heavy (non-hydrogen) atoms. The van der Waals surface area contributed by atoms with Gasteiger partial charge in [0, 0.05) is 10.4 Å². The largest absolute Gasteiger partial charge is 0.312 e. The lowest BCUT2D eigenvalue weighted by Gasteiger charge is -2.19. The molecule has 1 aromatic carbocycles. The van der Waals surface area contributed by atoms with Gasteiger partial charge in [0.25, 0.3) is 0 Å². The number of aromatic nitrogens is 1. The van der Waals surface area contributed by atoms with E-state index in [1.54, 1.807) is 0 Å². The van der Waals surface area contributed by atoms with Crippen LogP contribution in [-0.4, -0.2) is 12.0 Å². The molecule has 3 heteroatoms. The molecule has 0 aliphatic heterocycles. The van der Waals surface area contributed by atoms with E-state index >= 15 is 0 Å². The normalized spacial score (nSPS) is 18.4. The zero-order chi connectivity index (χ0) is 13.4. The second kappa shape index (κ2) is 5.06. The molecule has 1 N–H and O–H groups in total. The molecular formula is C16H20N2S. The minimum Gasteiger partial charge on any atom is -0.312 e. The Balaban J connectivity index is 2.02. The summed E-state index contributed by atoms with van der Waals surface area (Å²) < 4.78 is 0. The summed E-state index contributed by atoms with van der Waals surface area (Å²) in [5.41, 5.74) is 5.23. The molecule has 1 unspecified atom stereocenters. The Morgan fingerprint density at radius 1 is 1.26 bits per heavy atom. The van der Waals surface area contributed by atoms with Gasteiger partial charge in [-0.25, -0.2) is 4.98 Å². The summed E-state index contributed by atoms with van der Waals surface area (Å²) in [6.07, 6.45) is 3.67. The number of fused-ring (bicyclic) bond motifs is 1. The van der Waals surface area contributed by atoms with Crippen molar-refractivity contribution in [2.75, 3.05) is 7.05 Å². The molecule has 0 spiro atoms. The number of hydrogen-bond acceptors (Lipinski definition) is 3. The topological polar surface area (TPSA) is 24.9 Å². The molecule has 0 saturated heterocycles. The Morgan fingerprint density at radius 2 is 2.11 bits per heavy atom. The monoisotopic (exact) mass is 272 g/mol. The highest BCUT2D eigenvalue weighted by molar-refractivity contribution is 7.15. The smallest absolute Gasteiger partial charge is 0.123 e. The number of thiazole rings is 1. The molecular weight excluding hydrogens is 252 g/mol. The predicted molar refractivity (Wildman–Crippen MR) is 81.8 cm³/mol. The summed E-state index contributed by atoms with van der Waals surface area (Å²) >= 11 is 1.87. The molecule has 3 rings (SSSR count). The van der Waals surface area contributed by atoms with Gasteiger partial charge >= 0.3 is 0 Å². The fourth-order valence-electron chi connectivity index (χ4n) is 2.70. The minimum atomic E-state index is 0.445. The SMILES string of the molecule is CNC1CCCc2sc(-c3ccc(C)c(C)c3)nc21. The Kier molecular flexibility index (Phi) is 3.42. The lowest BCUT2D eigenvalue weighted by Crippen LogP contribution is -2.21. The molecule has 0 amide bonds. The number of nitrogens with zero attached hydrogens (tertiary/aromatic N) is 1. The van der Waals surface area contributed by atoms with Crippen LogP contribution >= 0.6 is 11.3 Å². The van der Waals surface area contributed by atoms with E-state index in [2.05, 4.69) is 37.4 Å². The van der Waals surface area contributed by atoms with Crippen molar-refractivity contribution in [3.8, 4) is 10.6 Å². The van der Waals surface area contributed by atoms with Crippen molar-refractivity contribution in [2.24, 2.45) is 0 Å². The van der Waals surface area contributed by atoms with E-state index in [0.717, 1.165) is 0 Å². The average molecular weight is 272 g/mol. The summed E-state index contributed by atoms with van der Waals surface area (Å²) in [7, 11) is 2.04. The molecule has 2 aromatic rings. The maximum atomic E-state index is 4.90. The zero-order valence-electron chi connectivity index (χ0n) is 11.8. The van der Waals surface area contributed by atoms with Crippen LogP contribution in [0.25, 0.3) is 10.6 Å². The van der Waals surface area contributed by atoms with Crippen molar-refractivity contribution >= 4 is 11.3 Å². The molecule has 1 aliphatic rings. The van der Waals surface area contributed by atoms with Gasteiger partial charge in [0.05, 0.1) is 11.7 Å². The third-order valence-corrected chi connectivity index (χ3v) is 5.24. The summed E-state index contributed by atoms with van der Waals surface area (Å²) in [6.45, 7) is 4.33. The maximum Gasteiger partial charge on any atom is 0.123 e. The number of nitrogens with one attached hydrogen (secondary N) is 1. The number of rotatable bonds is 2. The zero-order valence-corrected chi connectivity index (χ0v) is 12.6. The lowest BCUT2D eigenvalue weighted by molar-refractivity contribution is 0.490. The fourth-order valence-corrected chi connectivity index (χ4v) is 3.86. The van der Waals surface area contributed by atoms with E-state index in [9.17, 15) is 0 Å². The summed E-state index contributed by atoms with van der Waals surface area (Å²) in [5.74, 6) is 0. The van der Waals surface area contributed by atoms with Crippen LogP contribution in [0.4, 0.5) is 0 Å². The van der Waals surface area contributed by atoms with Crippen molar-refractivity contribution in [1.29, 1.82) is 0 Å². The molecule has 0 radical (unpaired) electrons. The third kappa shape index (κ3) is 2.33. The van der Waals surface area contributed by atoms with Crippen molar-refractivity contribution in [3.05, 3.63) is 39.9 Å². The van der Waals surface area contributed by atoms with Gasteiger partial charge in [0.15, 0.2) is 0 Å². The molecule has 1 aromatic heterocycles. The van der Waals surface area contributed by atoms with Crippen LogP contribution in [0, 0.1) is 13.8 Å². The van der Waals surface area contributed by atoms with Crippen LogP contribution in [0.15, 0.2) is 18.2 Å². The van der Waals surface area contributed by atoms with Crippen LogP contribution in [0.3, 0.4) is 0 Å². The Bertz CT molecular complexity index is 601. The number of benzene rings is 1.